The molecule has 0 aromatic rings. The Morgan fingerprint density at radius 3 is 2.50 bits per heavy atom. The van der Waals surface area contributed by atoms with E-state index in [1.165, 1.54) is 0 Å². The van der Waals surface area contributed by atoms with Crippen LogP contribution in [0.15, 0.2) is 0 Å². The summed E-state index contributed by atoms with van der Waals surface area (Å²) in [4.78, 5) is 11.5. The highest BCUT2D eigenvalue weighted by atomic mass is 16.5. The SMILES string of the molecule is CNC(=O)C(C)(C)CNCCOCC(C)C. The smallest absolute Gasteiger partial charge is 0.226 e. The standard InChI is InChI=1S/C12H26N2O2/c1-10(2)8-16-7-6-14-9-12(3,4)11(15)13-5/h10,14H,6-9H2,1-5H3,(H,13,15). The Labute approximate surface area is 99.1 Å². The van der Waals surface area contributed by atoms with Crippen LogP contribution in [-0.4, -0.2) is 39.3 Å². The van der Waals surface area contributed by atoms with E-state index >= 15 is 0 Å². The van der Waals surface area contributed by atoms with Crippen molar-refractivity contribution in [3.63, 3.8) is 0 Å². The number of hydrogen-bond acceptors (Lipinski definition) is 3. The van der Waals surface area contributed by atoms with E-state index in [0.29, 0.717) is 19.1 Å². The van der Waals surface area contributed by atoms with Crippen molar-refractivity contribution in [3.8, 4) is 0 Å². The van der Waals surface area contributed by atoms with E-state index in [2.05, 4.69) is 24.5 Å². The molecule has 4 nitrogen and oxygen atoms in total. The van der Waals surface area contributed by atoms with Gasteiger partial charge in [-0.3, -0.25) is 4.79 Å². The summed E-state index contributed by atoms with van der Waals surface area (Å²) in [6.45, 7) is 11.0. The lowest BCUT2D eigenvalue weighted by molar-refractivity contribution is -0.128. The van der Waals surface area contributed by atoms with Crippen LogP contribution in [0.4, 0.5) is 0 Å². The van der Waals surface area contributed by atoms with Crippen LogP contribution in [0.5, 0.6) is 0 Å². The summed E-state index contributed by atoms with van der Waals surface area (Å²) in [5, 5.41) is 5.89. The van der Waals surface area contributed by atoms with Crippen LogP contribution in [0.1, 0.15) is 27.7 Å². The molecule has 0 spiro atoms. The second-order valence-corrected chi connectivity index (χ2v) is 5.11. The molecule has 0 bridgehead atoms. The molecule has 1 amide bonds. The molecule has 96 valence electrons. The Morgan fingerprint density at radius 1 is 1.38 bits per heavy atom. The molecule has 0 saturated carbocycles. The molecule has 0 aromatic carbocycles. The number of carbonyl (C=O) groups is 1. The summed E-state index contributed by atoms with van der Waals surface area (Å²) in [6.07, 6.45) is 0. The van der Waals surface area contributed by atoms with Crippen molar-refractivity contribution in [3.05, 3.63) is 0 Å². The number of rotatable bonds is 8. The predicted molar refractivity (Wildman–Crippen MR) is 66.4 cm³/mol. The van der Waals surface area contributed by atoms with Gasteiger partial charge in [0.05, 0.1) is 12.0 Å². The third-order valence-electron chi connectivity index (χ3n) is 2.28. The highest BCUT2D eigenvalue weighted by Gasteiger charge is 2.25. The molecule has 0 atom stereocenters. The lowest BCUT2D eigenvalue weighted by atomic mass is 9.92. The topological polar surface area (TPSA) is 50.4 Å². The van der Waals surface area contributed by atoms with Crippen molar-refractivity contribution in [2.24, 2.45) is 11.3 Å². The summed E-state index contributed by atoms with van der Waals surface area (Å²) in [5.41, 5.74) is -0.368. The predicted octanol–water partition coefficient (Wildman–Crippen LogP) is 1.02. The largest absolute Gasteiger partial charge is 0.380 e. The maximum atomic E-state index is 11.5. The molecule has 16 heavy (non-hydrogen) atoms. The minimum atomic E-state index is -0.368. The molecule has 0 aromatic heterocycles. The zero-order chi connectivity index (χ0) is 12.6. The molecule has 0 radical (unpaired) electrons. The molecule has 0 heterocycles. The van der Waals surface area contributed by atoms with Gasteiger partial charge in [-0.05, 0) is 19.8 Å². The summed E-state index contributed by atoms with van der Waals surface area (Å²) >= 11 is 0. The van der Waals surface area contributed by atoms with Gasteiger partial charge in [-0.15, -0.1) is 0 Å². The minimum Gasteiger partial charge on any atom is -0.380 e. The lowest BCUT2D eigenvalue weighted by Gasteiger charge is -2.22. The van der Waals surface area contributed by atoms with Crippen LogP contribution >= 0.6 is 0 Å². The summed E-state index contributed by atoms with van der Waals surface area (Å²) < 4.78 is 5.43. The Kier molecular flexibility index (Phi) is 7.34. The first-order valence-corrected chi connectivity index (χ1v) is 5.91. The van der Waals surface area contributed by atoms with Crippen molar-refractivity contribution in [2.45, 2.75) is 27.7 Å². The molecule has 0 aliphatic carbocycles. The second kappa shape index (κ2) is 7.63. The average Bonchev–Trinajstić information content (AvgIpc) is 2.21. The zero-order valence-corrected chi connectivity index (χ0v) is 11.2. The maximum Gasteiger partial charge on any atom is 0.226 e. The van der Waals surface area contributed by atoms with E-state index < -0.39 is 0 Å². The number of hydrogen-bond donors (Lipinski definition) is 2. The van der Waals surface area contributed by atoms with Gasteiger partial charge in [0, 0.05) is 26.7 Å². The van der Waals surface area contributed by atoms with Gasteiger partial charge in [0.25, 0.3) is 0 Å². The lowest BCUT2D eigenvalue weighted by Crippen LogP contribution is -2.42. The maximum absolute atomic E-state index is 11.5. The normalized spacial score (nSPS) is 11.9. The quantitative estimate of drug-likeness (QED) is 0.612. The van der Waals surface area contributed by atoms with Crippen LogP contribution in [0, 0.1) is 11.3 Å². The van der Waals surface area contributed by atoms with Crippen LogP contribution < -0.4 is 10.6 Å². The molecule has 0 unspecified atom stereocenters. The van der Waals surface area contributed by atoms with Crippen molar-refractivity contribution in [1.82, 2.24) is 10.6 Å². The fraction of sp³-hybridized carbons (Fsp3) is 0.917. The Balaban J connectivity index is 3.54. The molecule has 0 aliphatic heterocycles. The van der Waals surface area contributed by atoms with E-state index in [4.69, 9.17) is 4.74 Å². The molecule has 0 fully saturated rings. The van der Waals surface area contributed by atoms with Gasteiger partial charge in [0.1, 0.15) is 0 Å². The molecule has 4 heteroatoms. The van der Waals surface area contributed by atoms with Crippen molar-refractivity contribution in [1.29, 1.82) is 0 Å². The molecular formula is C12H26N2O2. The van der Waals surface area contributed by atoms with Gasteiger partial charge in [0.15, 0.2) is 0 Å². The Bertz CT molecular complexity index is 203. The number of carbonyl (C=O) groups excluding carboxylic acids is 1. The summed E-state index contributed by atoms with van der Waals surface area (Å²) in [6, 6.07) is 0. The fourth-order valence-electron chi connectivity index (χ4n) is 1.28. The van der Waals surface area contributed by atoms with Crippen molar-refractivity contribution in [2.75, 3.05) is 33.4 Å². The van der Waals surface area contributed by atoms with Crippen molar-refractivity contribution < 1.29 is 9.53 Å². The average molecular weight is 230 g/mol. The third-order valence-corrected chi connectivity index (χ3v) is 2.28. The molecule has 0 saturated heterocycles. The van der Waals surface area contributed by atoms with Gasteiger partial charge in [-0.1, -0.05) is 13.8 Å². The molecule has 0 aliphatic rings. The van der Waals surface area contributed by atoms with Gasteiger partial charge in [0.2, 0.25) is 5.91 Å². The number of ether oxygens (including phenoxy) is 1. The Hall–Kier alpha value is -0.610. The zero-order valence-electron chi connectivity index (χ0n) is 11.2. The van der Waals surface area contributed by atoms with Crippen LogP contribution in [-0.2, 0) is 9.53 Å². The van der Waals surface area contributed by atoms with E-state index in [9.17, 15) is 4.79 Å². The molecular weight excluding hydrogens is 204 g/mol. The molecule has 0 rings (SSSR count). The first kappa shape index (κ1) is 15.4. The Morgan fingerprint density at radius 2 is 2.00 bits per heavy atom. The van der Waals surface area contributed by atoms with E-state index in [1.807, 2.05) is 13.8 Å². The highest BCUT2D eigenvalue weighted by Crippen LogP contribution is 2.12. The third kappa shape index (κ3) is 6.80. The van der Waals surface area contributed by atoms with Gasteiger partial charge >= 0.3 is 0 Å². The van der Waals surface area contributed by atoms with Crippen LogP contribution in [0.2, 0.25) is 0 Å². The first-order chi connectivity index (χ1) is 7.40. The van der Waals surface area contributed by atoms with Gasteiger partial charge in [-0.2, -0.15) is 0 Å². The molecule has 2 N–H and O–H groups in total. The highest BCUT2D eigenvalue weighted by molar-refractivity contribution is 5.81. The van der Waals surface area contributed by atoms with Gasteiger partial charge < -0.3 is 15.4 Å². The monoisotopic (exact) mass is 230 g/mol. The van der Waals surface area contributed by atoms with Crippen LogP contribution in [0.3, 0.4) is 0 Å². The van der Waals surface area contributed by atoms with E-state index in [0.717, 1.165) is 13.2 Å². The minimum absolute atomic E-state index is 0.0584. The van der Waals surface area contributed by atoms with Gasteiger partial charge in [-0.25, -0.2) is 0 Å². The van der Waals surface area contributed by atoms with Crippen LogP contribution in [0.25, 0.3) is 0 Å². The number of amides is 1. The summed E-state index contributed by atoms with van der Waals surface area (Å²) in [7, 11) is 1.66. The fourth-order valence-corrected chi connectivity index (χ4v) is 1.28. The second-order valence-electron chi connectivity index (χ2n) is 5.11. The summed E-state index contributed by atoms with van der Waals surface area (Å²) in [5.74, 6) is 0.630. The van der Waals surface area contributed by atoms with Crippen molar-refractivity contribution >= 4 is 5.91 Å². The number of nitrogens with one attached hydrogen (secondary N) is 2. The first-order valence-electron chi connectivity index (χ1n) is 5.91. The van der Waals surface area contributed by atoms with E-state index in [-0.39, 0.29) is 11.3 Å². The van der Waals surface area contributed by atoms with E-state index in [1.54, 1.807) is 7.05 Å².